The van der Waals surface area contributed by atoms with Crippen molar-refractivity contribution in [1.82, 2.24) is 5.32 Å². The van der Waals surface area contributed by atoms with Gasteiger partial charge in [0.25, 0.3) is 0 Å². The van der Waals surface area contributed by atoms with Gasteiger partial charge in [-0.25, -0.2) is 0 Å². The summed E-state index contributed by atoms with van der Waals surface area (Å²) in [5, 5.41) is 3.06. The molecule has 1 aliphatic rings. The van der Waals surface area contributed by atoms with Crippen molar-refractivity contribution in [3.63, 3.8) is 0 Å². The van der Waals surface area contributed by atoms with Crippen LogP contribution in [0.4, 0.5) is 0 Å². The van der Waals surface area contributed by atoms with Gasteiger partial charge in [-0.3, -0.25) is 4.79 Å². The number of hydrogen-bond acceptors (Lipinski definition) is 4. The Bertz CT molecular complexity index is 814. The van der Waals surface area contributed by atoms with E-state index in [2.05, 4.69) is 11.4 Å². The molecule has 0 spiro atoms. The van der Waals surface area contributed by atoms with Gasteiger partial charge in [-0.05, 0) is 74.9 Å². The van der Waals surface area contributed by atoms with Crippen molar-refractivity contribution < 1.29 is 19.0 Å². The van der Waals surface area contributed by atoms with E-state index in [1.54, 1.807) is 14.2 Å². The highest BCUT2D eigenvalue weighted by Crippen LogP contribution is 2.29. The molecule has 0 aliphatic heterocycles. The third-order valence-corrected chi connectivity index (χ3v) is 5.43. The van der Waals surface area contributed by atoms with Gasteiger partial charge in [0, 0.05) is 12.0 Å². The van der Waals surface area contributed by atoms with Gasteiger partial charge in [0.15, 0.2) is 0 Å². The molecule has 1 unspecified atom stereocenters. The lowest BCUT2D eigenvalue weighted by atomic mass is 10.1. The van der Waals surface area contributed by atoms with E-state index in [-0.39, 0.29) is 11.9 Å². The average molecular weight is 398 g/mol. The second-order valence-corrected chi connectivity index (χ2v) is 7.57. The van der Waals surface area contributed by atoms with E-state index in [0.29, 0.717) is 18.9 Å². The molecule has 0 bridgehead atoms. The lowest BCUT2D eigenvalue weighted by molar-refractivity contribution is -0.121. The summed E-state index contributed by atoms with van der Waals surface area (Å²) in [6.45, 7) is 1.95. The molecule has 1 aliphatic carbocycles. The normalized spacial score (nSPS) is 15.0. The molecule has 1 atom stereocenters. The average Bonchev–Trinajstić information content (AvgIpc) is 3.25. The number of benzene rings is 2. The minimum Gasteiger partial charge on any atom is -0.497 e. The Morgan fingerprint density at radius 2 is 1.86 bits per heavy atom. The lowest BCUT2D eigenvalue weighted by Gasteiger charge is -2.18. The Kier molecular flexibility index (Phi) is 7.39. The third kappa shape index (κ3) is 5.89. The van der Waals surface area contributed by atoms with Crippen LogP contribution in [0.25, 0.3) is 0 Å². The van der Waals surface area contributed by atoms with Crippen LogP contribution in [-0.4, -0.2) is 26.2 Å². The largest absolute Gasteiger partial charge is 0.497 e. The summed E-state index contributed by atoms with van der Waals surface area (Å²) in [7, 11) is 3.25. The number of methoxy groups -OCH3 is 2. The molecule has 29 heavy (non-hydrogen) atoms. The zero-order chi connectivity index (χ0) is 20.6. The molecule has 5 heteroatoms. The highest BCUT2D eigenvalue weighted by atomic mass is 16.5. The number of carbonyl (C=O) groups is 1. The Balaban J connectivity index is 1.54. The fourth-order valence-electron chi connectivity index (χ4n) is 3.80. The minimum atomic E-state index is -0.176. The number of aryl methyl sites for hydroxylation is 1. The molecule has 5 nitrogen and oxygen atoms in total. The number of nitrogens with one attached hydrogen (secondary N) is 1. The Labute approximate surface area is 173 Å². The minimum absolute atomic E-state index is 0.00415. The molecule has 156 valence electrons. The first-order valence-electron chi connectivity index (χ1n) is 10.4. The van der Waals surface area contributed by atoms with E-state index in [1.165, 1.54) is 12.8 Å². The van der Waals surface area contributed by atoms with Crippen LogP contribution in [0.3, 0.4) is 0 Å². The van der Waals surface area contributed by atoms with Crippen LogP contribution in [0, 0.1) is 0 Å². The number of ether oxygens (including phenoxy) is 3. The molecule has 0 radical (unpaired) electrons. The third-order valence-electron chi connectivity index (χ3n) is 5.43. The molecule has 0 saturated heterocycles. The first-order valence-corrected chi connectivity index (χ1v) is 10.4. The van der Waals surface area contributed by atoms with Gasteiger partial charge in [0.05, 0.1) is 26.4 Å². The van der Waals surface area contributed by atoms with Crippen LogP contribution in [0.15, 0.2) is 42.5 Å². The summed E-state index contributed by atoms with van der Waals surface area (Å²) in [6.07, 6.45) is 6.21. The highest BCUT2D eigenvalue weighted by Gasteiger charge is 2.17. The molecule has 2 aromatic carbocycles. The summed E-state index contributed by atoms with van der Waals surface area (Å²) in [5.41, 5.74) is 2.01. The zero-order valence-electron chi connectivity index (χ0n) is 17.6. The number of amides is 1. The van der Waals surface area contributed by atoms with Crippen molar-refractivity contribution in [3.05, 3.63) is 53.6 Å². The van der Waals surface area contributed by atoms with Crippen LogP contribution in [-0.2, 0) is 11.2 Å². The Hall–Kier alpha value is -2.69. The van der Waals surface area contributed by atoms with Crippen molar-refractivity contribution in [1.29, 1.82) is 0 Å². The highest BCUT2D eigenvalue weighted by molar-refractivity contribution is 5.76. The summed E-state index contributed by atoms with van der Waals surface area (Å²) in [6, 6.07) is 13.5. The second-order valence-electron chi connectivity index (χ2n) is 7.57. The molecule has 0 aromatic heterocycles. The van der Waals surface area contributed by atoms with Crippen molar-refractivity contribution in [2.45, 2.75) is 57.6 Å². The number of rotatable bonds is 9. The maximum Gasteiger partial charge on any atom is 0.220 e. The topological polar surface area (TPSA) is 56.8 Å². The fraction of sp³-hybridized carbons (Fsp3) is 0.458. The van der Waals surface area contributed by atoms with Crippen molar-refractivity contribution >= 4 is 5.91 Å². The van der Waals surface area contributed by atoms with Crippen molar-refractivity contribution in [2.24, 2.45) is 0 Å². The van der Waals surface area contributed by atoms with Crippen molar-refractivity contribution in [3.8, 4) is 17.2 Å². The SMILES string of the molecule is COc1ccc(OC)c(C(C)NC(=O)CCc2cccc(OC3CCCC3)c2)c1. The first kappa shape index (κ1) is 21.0. The maximum atomic E-state index is 12.5. The van der Waals surface area contributed by atoms with Gasteiger partial charge in [-0.1, -0.05) is 12.1 Å². The van der Waals surface area contributed by atoms with E-state index in [1.807, 2.05) is 43.3 Å². The molecule has 1 N–H and O–H groups in total. The fourth-order valence-corrected chi connectivity index (χ4v) is 3.80. The maximum absolute atomic E-state index is 12.5. The standard InChI is InChI=1S/C24H31NO4/c1-17(22-16-20(27-2)12-13-23(22)28-3)25-24(26)14-11-18-7-6-10-21(15-18)29-19-8-4-5-9-19/h6-7,10,12-13,15-17,19H,4-5,8-9,11,14H2,1-3H3,(H,25,26). The Morgan fingerprint density at radius 3 is 2.59 bits per heavy atom. The quantitative estimate of drug-likeness (QED) is 0.658. The van der Waals surface area contributed by atoms with Gasteiger partial charge >= 0.3 is 0 Å². The monoisotopic (exact) mass is 397 g/mol. The van der Waals surface area contributed by atoms with E-state index in [4.69, 9.17) is 14.2 Å². The predicted molar refractivity (Wildman–Crippen MR) is 114 cm³/mol. The van der Waals surface area contributed by atoms with E-state index < -0.39 is 0 Å². The van der Waals surface area contributed by atoms with Crippen LogP contribution in [0.2, 0.25) is 0 Å². The molecule has 1 amide bonds. The van der Waals surface area contributed by atoms with Gasteiger partial charge in [-0.15, -0.1) is 0 Å². The van der Waals surface area contributed by atoms with Crippen molar-refractivity contribution in [2.75, 3.05) is 14.2 Å². The van der Waals surface area contributed by atoms with Crippen LogP contribution in [0.1, 0.15) is 56.2 Å². The van der Waals surface area contributed by atoms with Crippen LogP contribution in [0.5, 0.6) is 17.2 Å². The van der Waals surface area contributed by atoms with E-state index in [0.717, 1.165) is 41.2 Å². The molecule has 2 aromatic rings. The predicted octanol–water partition coefficient (Wildman–Crippen LogP) is 4.84. The number of carbonyl (C=O) groups excluding carboxylic acids is 1. The molecule has 3 rings (SSSR count). The molecule has 0 heterocycles. The zero-order valence-corrected chi connectivity index (χ0v) is 17.6. The van der Waals surface area contributed by atoms with E-state index in [9.17, 15) is 4.79 Å². The smallest absolute Gasteiger partial charge is 0.220 e. The summed E-state index contributed by atoms with van der Waals surface area (Å²) < 4.78 is 16.8. The molecular weight excluding hydrogens is 366 g/mol. The van der Waals surface area contributed by atoms with Crippen LogP contribution < -0.4 is 19.5 Å². The second kappa shape index (κ2) is 10.2. The van der Waals surface area contributed by atoms with Gasteiger partial charge < -0.3 is 19.5 Å². The molecular formula is C24H31NO4. The van der Waals surface area contributed by atoms with Gasteiger partial charge in [0.2, 0.25) is 5.91 Å². The molecule has 1 saturated carbocycles. The lowest BCUT2D eigenvalue weighted by Crippen LogP contribution is -2.27. The first-order chi connectivity index (χ1) is 14.1. The summed E-state index contributed by atoms with van der Waals surface area (Å²) in [5.74, 6) is 2.38. The summed E-state index contributed by atoms with van der Waals surface area (Å²) in [4.78, 5) is 12.5. The van der Waals surface area contributed by atoms with Gasteiger partial charge in [-0.2, -0.15) is 0 Å². The van der Waals surface area contributed by atoms with E-state index >= 15 is 0 Å². The Morgan fingerprint density at radius 1 is 1.07 bits per heavy atom. The van der Waals surface area contributed by atoms with Gasteiger partial charge in [0.1, 0.15) is 17.2 Å². The van der Waals surface area contributed by atoms with Crippen LogP contribution >= 0.6 is 0 Å². The summed E-state index contributed by atoms with van der Waals surface area (Å²) >= 11 is 0. The number of hydrogen-bond donors (Lipinski definition) is 1. The molecule has 1 fully saturated rings.